The number of rotatable bonds is 8. The molecule has 2 fully saturated rings. The van der Waals surface area contributed by atoms with Crippen molar-refractivity contribution in [1.29, 1.82) is 0 Å². The molecule has 40 heavy (non-hydrogen) atoms. The predicted molar refractivity (Wildman–Crippen MR) is 148 cm³/mol. The lowest BCUT2D eigenvalue weighted by molar-refractivity contribution is -0.137. The summed E-state index contributed by atoms with van der Waals surface area (Å²) in [6.07, 6.45) is -0.579. The van der Waals surface area contributed by atoms with Crippen LogP contribution in [0.5, 0.6) is 0 Å². The van der Waals surface area contributed by atoms with Crippen LogP contribution in [-0.4, -0.2) is 41.4 Å². The maximum atomic E-state index is 13.1. The molecule has 3 N–H and O–H groups in total. The Labute approximate surface area is 235 Å². The number of fused-ring (bicyclic) bond motifs is 2. The van der Waals surface area contributed by atoms with Gasteiger partial charge in [-0.05, 0) is 73.7 Å². The van der Waals surface area contributed by atoms with Gasteiger partial charge in [0.25, 0.3) is 5.91 Å². The van der Waals surface area contributed by atoms with E-state index in [-0.39, 0.29) is 29.7 Å². The summed E-state index contributed by atoms with van der Waals surface area (Å²) in [6.45, 7) is 0.661. The zero-order valence-electron chi connectivity index (χ0n) is 21.7. The third kappa shape index (κ3) is 6.77. The molecule has 0 radical (unpaired) electrons. The van der Waals surface area contributed by atoms with Gasteiger partial charge in [0.1, 0.15) is 0 Å². The second-order valence-corrected chi connectivity index (χ2v) is 10.8. The zero-order chi connectivity index (χ0) is 28.3. The summed E-state index contributed by atoms with van der Waals surface area (Å²) < 4.78 is 39.3. The first-order valence-electron chi connectivity index (χ1n) is 13.3. The summed E-state index contributed by atoms with van der Waals surface area (Å²) in [6, 6.07) is 20.0. The molecule has 2 aliphatic heterocycles. The fourth-order valence-corrected chi connectivity index (χ4v) is 5.83. The minimum absolute atomic E-state index is 0.0400. The van der Waals surface area contributed by atoms with Crippen molar-refractivity contribution in [3.8, 4) is 0 Å². The standard InChI is InChI=1S/C30H30ClF3N4O2/c31-21-10-8-19(9-11-21)18-38-24-12-13-25(38)16-23(15-24)37-28(39)17-35-29(40)26-6-1-2-7-27(26)36-22-5-3-4-20(14-22)30(32,33)34/h1-11,14,23-25,36H,12-13,15-18H2,(H,35,40)(H,37,39)/t23?,24-,25+. The molecule has 10 heteroatoms. The second kappa shape index (κ2) is 11.9. The first kappa shape index (κ1) is 28.0. The van der Waals surface area contributed by atoms with E-state index in [2.05, 4.69) is 20.9 Å². The first-order chi connectivity index (χ1) is 19.2. The van der Waals surface area contributed by atoms with Crippen LogP contribution in [-0.2, 0) is 17.5 Å². The molecular weight excluding hydrogens is 541 g/mol. The molecular formula is C30H30ClF3N4O2. The average molecular weight is 571 g/mol. The summed E-state index contributed by atoms with van der Waals surface area (Å²) in [7, 11) is 0. The van der Waals surface area contributed by atoms with Crippen LogP contribution in [0.4, 0.5) is 24.5 Å². The van der Waals surface area contributed by atoms with Gasteiger partial charge >= 0.3 is 6.18 Å². The Morgan fingerprint density at radius 1 is 0.925 bits per heavy atom. The van der Waals surface area contributed by atoms with Crippen LogP contribution in [0.2, 0.25) is 5.02 Å². The number of nitrogens with one attached hydrogen (secondary N) is 3. The van der Waals surface area contributed by atoms with E-state index in [4.69, 9.17) is 11.6 Å². The number of amides is 2. The molecule has 2 heterocycles. The summed E-state index contributed by atoms with van der Waals surface area (Å²) in [5.41, 5.74) is 1.19. The summed E-state index contributed by atoms with van der Waals surface area (Å²) in [4.78, 5) is 28.1. The van der Waals surface area contributed by atoms with Crippen molar-refractivity contribution in [2.24, 2.45) is 0 Å². The number of halogens is 4. The van der Waals surface area contributed by atoms with E-state index in [1.54, 1.807) is 24.3 Å². The Morgan fingerprint density at radius 2 is 1.62 bits per heavy atom. The number of carbonyl (C=O) groups excluding carboxylic acids is 2. The maximum Gasteiger partial charge on any atom is 0.416 e. The number of piperidine rings is 1. The van der Waals surface area contributed by atoms with Crippen molar-refractivity contribution >= 4 is 34.8 Å². The molecule has 2 amide bonds. The molecule has 2 aliphatic rings. The molecule has 0 saturated carbocycles. The Morgan fingerprint density at radius 3 is 2.33 bits per heavy atom. The fraction of sp³-hybridized carbons (Fsp3) is 0.333. The second-order valence-electron chi connectivity index (χ2n) is 10.4. The van der Waals surface area contributed by atoms with Crippen molar-refractivity contribution in [1.82, 2.24) is 15.5 Å². The SMILES string of the molecule is O=C(CNC(=O)c1ccccc1Nc1cccc(C(F)(F)F)c1)NC1C[C@H]2CC[C@@H](C1)N2Cc1ccc(Cl)cc1. The number of carbonyl (C=O) groups is 2. The molecule has 0 aromatic heterocycles. The van der Waals surface area contributed by atoms with Gasteiger partial charge in [-0.3, -0.25) is 14.5 Å². The van der Waals surface area contributed by atoms with Crippen LogP contribution in [0, 0.1) is 0 Å². The van der Waals surface area contributed by atoms with Crippen LogP contribution in [0.3, 0.4) is 0 Å². The topological polar surface area (TPSA) is 73.5 Å². The normalized spacial score (nSPS) is 20.6. The van der Waals surface area contributed by atoms with E-state index >= 15 is 0 Å². The van der Waals surface area contributed by atoms with Crippen LogP contribution < -0.4 is 16.0 Å². The van der Waals surface area contributed by atoms with Gasteiger partial charge in [0.05, 0.1) is 23.4 Å². The van der Waals surface area contributed by atoms with E-state index in [9.17, 15) is 22.8 Å². The largest absolute Gasteiger partial charge is 0.416 e. The number of para-hydroxylation sites is 1. The van der Waals surface area contributed by atoms with Crippen molar-refractivity contribution < 1.29 is 22.8 Å². The molecule has 0 aliphatic carbocycles. The number of nitrogens with zero attached hydrogens (tertiary/aromatic N) is 1. The third-order valence-corrected chi connectivity index (χ3v) is 7.83. The Kier molecular flexibility index (Phi) is 8.32. The van der Waals surface area contributed by atoms with Crippen LogP contribution >= 0.6 is 11.6 Å². The highest BCUT2D eigenvalue weighted by atomic mass is 35.5. The molecule has 5 rings (SSSR count). The smallest absolute Gasteiger partial charge is 0.355 e. The summed E-state index contributed by atoms with van der Waals surface area (Å²) >= 11 is 6.01. The van der Waals surface area contributed by atoms with Gasteiger partial charge in [0.15, 0.2) is 0 Å². The molecule has 6 nitrogen and oxygen atoms in total. The summed E-state index contributed by atoms with van der Waals surface area (Å²) in [5, 5.41) is 9.32. The predicted octanol–water partition coefficient (Wildman–Crippen LogP) is 6.14. The minimum Gasteiger partial charge on any atom is -0.355 e. The lowest BCUT2D eigenvalue weighted by Crippen LogP contribution is -2.51. The lowest BCUT2D eigenvalue weighted by atomic mass is 9.96. The number of anilines is 2. The highest BCUT2D eigenvalue weighted by Gasteiger charge is 2.41. The number of hydrogen-bond donors (Lipinski definition) is 3. The maximum absolute atomic E-state index is 13.1. The highest BCUT2D eigenvalue weighted by molar-refractivity contribution is 6.30. The van der Waals surface area contributed by atoms with Gasteiger partial charge in [-0.1, -0.05) is 41.9 Å². The molecule has 210 valence electrons. The molecule has 3 aromatic carbocycles. The van der Waals surface area contributed by atoms with E-state index < -0.39 is 17.6 Å². The first-order valence-corrected chi connectivity index (χ1v) is 13.6. The zero-order valence-corrected chi connectivity index (χ0v) is 22.4. The molecule has 0 spiro atoms. The van der Waals surface area contributed by atoms with E-state index in [1.165, 1.54) is 17.7 Å². The van der Waals surface area contributed by atoms with Crippen molar-refractivity contribution in [2.75, 3.05) is 11.9 Å². The highest BCUT2D eigenvalue weighted by Crippen LogP contribution is 2.37. The Bertz CT molecular complexity index is 1350. The molecule has 3 atom stereocenters. The van der Waals surface area contributed by atoms with E-state index in [0.717, 1.165) is 49.4 Å². The minimum atomic E-state index is -4.48. The Balaban J connectivity index is 1.14. The molecule has 2 saturated heterocycles. The number of alkyl halides is 3. The lowest BCUT2D eigenvalue weighted by Gasteiger charge is -2.39. The average Bonchev–Trinajstić information content (AvgIpc) is 3.15. The van der Waals surface area contributed by atoms with Gasteiger partial charge < -0.3 is 16.0 Å². The molecule has 3 aromatic rings. The van der Waals surface area contributed by atoms with Gasteiger partial charge in [0, 0.05) is 35.4 Å². The molecule has 1 unspecified atom stereocenters. The Hall–Kier alpha value is -3.56. The van der Waals surface area contributed by atoms with Gasteiger partial charge in [-0.2, -0.15) is 13.2 Å². The van der Waals surface area contributed by atoms with Crippen molar-refractivity contribution in [3.63, 3.8) is 0 Å². The van der Waals surface area contributed by atoms with Crippen molar-refractivity contribution in [2.45, 2.75) is 56.5 Å². The van der Waals surface area contributed by atoms with Gasteiger partial charge in [0.2, 0.25) is 5.91 Å². The van der Waals surface area contributed by atoms with Crippen LogP contribution in [0.25, 0.3) is 0 Å². The van der Waals surface area contributed by atoms with E-state index in [1.807, 2.05) is 24.3 Å². The monoisotopic (exact) mass is 570 g/mol. The van der Waals surface area contributed by atoms with Gasteiger partial charge in [-0.15, -0.1) is 0 Å². The molecule has 2 bridgehead atoms. The fourth-order valence-electron chi connectivity index (χ4n) is 5.70. The third-order valence-electron chi connectivity index (χ3n) is 7.58. The van der Waals surface area contributed by atoms with E-state index in [0.29, 0.717) is 17.8 Å². The van der Waals surface area contributed by atoms with Crippen LogP contribution in [0.15, 0.2) is 72.8 Å². The van der Waals surface area contributed by atoms with Gasteiger partial charge in [-0.25, -0.2) is 0 Å². The summed E-state index contributed by atoms with van der Waals surface area (Å²) in [5.74, 6) is -0.768. The van der Waals surface area contributed by atoms with Crippen molar-refractivity contribution in [3.05, 3.63) is 94.5 Å². The number of hydrogen-bond acceptors (Lipinski definition) is 4. The quantitative estimate of drug-likeness (QED) is 0.304. The van der Waals surface area contributed by atoms with Crippen LogP contribution in [0.1, 0.15) is 47.2 Å². The number of benzene rings is 3.